The lowest BCUT2D eigenvalue weighted by Crippen LogP contribution is -2.32. The lowest BCUT2D eigenvalue weighted by atomic mass is 10.2. The fourth-order valence-corrected chi connectivity index (χ4v) is 1.95. The molecule has 0 spiro atoms. The smallest absolute Gasteiger partial charge is 0.250 e. The van der Waals surface area contributed by atoms with Gasteiger partial charge in [0.15, 0.2) is 5.11 Å². The summed E-state index contributed by atoms with van der Waals surface area (Å²) in [7, 11) is 0. The first-order valence-corrected chi connectivity index (χ1v) is 7.03. The minimum Gasteiger partial charge on any atom is -0.332 e. The molecule has 0 fully saturated rings. The lowest BCUT2D eigenvalue weighted by Gasteiger charge is -2.08. The zero-order chi connectivity index (χ0) is 16.7. The number of benzene rings is 2. The maximum Gasteiger partial charge on any atom is 0.250 e. The average Bonchev–Trinajstić information content (AvgIpc) is 2.54. The molecular weight excluding hydrogens is 313 g/mol. The minimum absolute atomic E-state index is 0.119. The van der Waals surface area contributed by atoms with E-state index >= 15 is 0 Å². The molecule has 2 rings (SSSR count). The Morgan fingerprint density at radius 1 is 1.22 bits per heavy atom. The first-order chi connectivity index (χ1) is 11.1. The molecule has 0 aromatic heterocycles. The third-order valence-corrected chi connectivity index (χ3v) is 2.99. The van der Waals surface area contributed by atoms with Crippen LogP contribution in [-0.4, -0.2) is 11.0 Å². The predicted molar refractivity (Wildman–Crippen MR) is 91.0 cm³/mol. The molecule has 2 aromatic rings. The van der Waals surface area contributed by atoms with E-state index in [2.05, 4.69) is 10.6 Å². The summed E-state index contributed by atoms with van der Waals surface area (Å²) >= 11 is 5.03. The Kier molecular flexibility index (Phi) is 5.56. The van der Waals surface area contributed by atoms with Gasteiger partial charge in [-0.15, -0.1) is 0 Å². The summed E-state index contributed by atoms with van der Waals surface area (Å²) in [6.45, 7) is 0. The van der Waals surface area contributed by atoms with Crippen LogP contribution in [0.2, 0.25) is 0 Å². The van der Waals surface area contributed by atoms with Gasteiger partial charge in [0, 0.05) is 11.8 Å². The summed E-state index contributed by atoms with van der Waals surface area (Å²) < 4.78 is 12.8. The third-order valence-electron chi connectivity index (χ3n) is 2.78. The average molecular weight is 325 g/mol. The van der Waals surface area contributed by atoms with Gasteiger partial charge >= 0.3 is 0 Å². The summed E-state index contributed by atoms with van der Waals surface area (Å²) in [5, 5.41) is 14.2. The van der Waals surface area contributed by atoms with E-state index < -0.39 is 5.91 Å². The molecule has 0 aliphatic rings. The van der Waals surface area contributed by atoms with E-state index in [-0.39, 0.29) is 10.9 Å². The van der Waals surface area contributed by atoms with Crippen LogP contribution in [0, 0.1) is 17.1 Å². The summed E-state index contributed by atoms with van der Waals surface area (Å²) in [4.78, 5) is 11.8. The molecular formula is C17H12FN3OS. The molecule has 6 heteroatoms. The molecule has 0 unspecified atom stereocenters. The molecule has 0 saturated heterocycles. The van der Waals surface area contributed by atoms with Crippen LogP contribution >= 0.6 is 12.2 Å². The molecule has 2 N–H and O–H groups in total. The first-order valence-electron chi connectivity index (χ1n) is 6.62. The molecule has 0 atom stereocenters. The number of nitrogens with zero attached hydrogens (tertiary/aromatic N) is 1. The van der Waals surface area contributed by atoms with Crippen molar-refractivity contribution in [1.82, 2.24) is 5.32 Å². The monoisotopic (exact) mass is 325 g/mol. The van der Waals surface area contributed by atoms with E-state index in [9.17, 15) is 9.18 Å². The Bertz CT molecular complexity index is 794. The van der Waals surface area contributed by atoms with Gasteiger partial charge in [-0.05, 0) is 54.2 Å². The van der Waals surface area contributed by atoms with E-state index in [1.807, 2.05) is 6.07 Å². The fraction of sp³-hybridized carbons (Fsp3) is 0. The predicted octanol–water partition coefficient (Wildman–Crippen LogP) is 3.22. The number of anilines is 1. The van der Waals surface area contributed by atoms with E-state index in [1.54, 1.807) is 42.5 Å². The number of carbonyl (C=O) groups excluding carboxylic acids is 1. The van der Waals surface area contributed by atoms with Crippen molar-refractivity contribution in [3.05, 3.63) is 71.6 Å². The highest BCUT2D eigenvalue weighted by atomic mass is 32.1. The number of rotatable bonds is 3. The van der Waals surface area contributed by atoms with Gasteiger partial charge in [0.05, 0.1) is 11.6 Å². The summed E-state index contributed by atoms with van der Waals surface area (Å²) in [6.07, 6.45) is 2.85. The normalized spacial score (nSPS) is 10.1. The maximum atomic E-state index is 12.8. The number of hydrogen-bond acceptors (Lipinski definition) is 3. The van der Waals surface area contributed by atoms with Gasteiger partial charge < -0.3 is 5.32 Å². The number of nitrogens with one attached hydrogen (secondary N) is 2. The van der Waals surface area contributed by atoms with E-state index in [1.165, 1.54) is 18.2 Å². The standard InChI is InChI=1S/C17H12FN3OS/c18-14-7-4-12(5-8-14)6-9-16(22)21-17(23)20-15-3-1-2-13(10-15)11-19/h1-10H,(H2,20,21,22,23). The van der Waals surface area contributed by atoms with Crippen molar-refractivity contribution in [2.24, 2.45) is 0 Å². The van der Waals surface area contributed by atoms with Crippen LogP contribution in [0.5, 0.6) is 0 Å². The van der Waals surface area contributed by atoms with E-state index in [4.69, 9.17) is 17.5 Å². The summed E-state index contributed by atoms with van der Waals surface area (Å²) in [6, 6.07) is 14.5. The Balaban J connectivity index is 1.90. The van der Waals surface area contributed by atoms with Crippen LogP contribution in [0.4, 0.5) is 10.1 Å². The second-order valence-electron chi connectivity index (χ2n) is 4.52. The van der Waals surface area contributed by atoms with Crippen LogP contribution in [0.15, 0.2) is 54.6 Å². The van der Waals surface area contributed by atoms with Crippen LogP contribution in [0.1, 0.15) is 11.1 Å². The maximum absolute atomic E-state index is 12.8. The zero-order valence-corrected chi connectivity index (χ0v) is 12.7. The van der Waals surface area contributed by atoms with Gasteiger partial charge in [0.25, 0.3) is 0 Å². The zero-order valence-electron chi connectivity index (χ0n) is 11.9. The molecule has 0 bridgehead atoms. The highest BCUT2D eigenvalue weighted by Crippen LogP contribution is 2.09. The van der Waals surface area contributed by atoms with Gasteiger partial charge in [0.1, 0.15) is 5.82 Å². The first kappa shape index (κ1) is 16.3. The lowest BCUT2D eigenvalue weighted by molar-refractivity contribution is -0.115. The SMILES string of the molecule is N#Cc1cccc(NC(=S)NC(=O)C=Cc2ccc(F)cc2)c1. The quantitative estimate of drug-likeness (QED) is 0.672. The number of hydrogen-bond donors (Lipinski definition) is 2. The molecule has 0 heterocycles. The van der Waals surface area contributed by atoms with E-state index in [0.717, 1.165) is 0 Å². The third kappa shape index (κ3) is 5.34. The van der Waals surface area contributed by atoms with Crippen molar-refractivity contribution < 1.29 is 9.18 Å². The minimum atomic E-state index is -0.414. The molecule has 114 valence electrons. The second kappa shape index (κ2) is 7.82. The second-order valence-corrected chi connectivity index (χ2v) is 4.93. The van der Waals surface area contributed by atoms with Gasteiger partial charge in [-0.3, -0.25) is 10.1 Å². The van der Waals surface area contributed by atoms with Crippen LogP contribution in [0.25, 0.3) is 6.08 Å². The Labute approximate surface area is 138 Å². The number of halogens is 1. The number of amides is 1. The van der Waals surface area contributed by atoms with Gasteiger partial charge in [0.2, 0.25) is 5.91 Å². The van der Waals surface area contributed by atoms with Crippen LogP contribution in [-0.2, 0) is 4.79 Å². The van der Waals surface area contributed by atoms with Gasteiger partial charge in [-0.25, -0.2) is 4.39 Å². The molecule has 2 aromatic carbocycles. The topological polar surface area (TPSA) is 64.9 Å². The van der Waals surface area contributed by atoms with Crippen molar-refractivity contribution in [1.29, 1.82) is 5.26 Å². The Morgan fingerprint density at radius 2 is 1.96 bits per heavy atom. The fourth-order valence-electron chi connectivity index (χ4n) is 1.73. The number of carbonyl (C=O) groups is 1. The molecule has 1 amide bonds. The Hall–Kier alpha value is -3.04. The molecule has 23 heavy (non-hydrogen) atoms. The molecule has 4 nitrogen and oxygen atoms in total. The van der Waals surface area contributed by atoms with Crippen molar-refractivity contribution in [2.75, 3.05) is 5.32 Å². The van der Waals surface area contributed by atoms with Gasteiger partial charge in [-0.1, -0.05) is 18.2 Å². The van der Waals surface area contributed by atoms with Crippen LogP contribution in [0.3, 0.4) is 0 Å². The van der Waals surface area contributed by atoms with Crippen LogP contribution < -0.4 is 10.6 Å². The summed E-state index contributed by atoms with van der Waals surface area (Å²) in [5.41, 5.74) is 1.79. The highest BCUT2D eigenvalue weighted by Gasteiger charge is 2.02. The molecule has 0 aliphatic carbocycles. The Morgan fingerprint density at radius 3 is 2.65 bits per heavy atom. The number of nitriles is 1. The largest absolute Gasteiger partial charge is 0.332 e. The molecule has 0 radical (unpaired) electrons. The molecule has 0 aliphatic heterocycles. The summed E-state index contributed by atoms with van der Waals surface area (Å²) in [5.74, 6) is -0.750. The van der Waals surface area contributed by atoms with Crippen molar-refractivity contribution in [2.45, 2.75) is 0 Å². The van der Waals surface area contributed by atoms with E-state index in [0.29, 0.717) is 16.8 Å². The highest BCUT2D eigenvalue weighted by molar-refractivity contribution is 7.80. The van der Waals surface area contributed by atoms with Crippen molar-refractivity contribution in [3.63, 3.8) is 0 Å². The van der Waals surface area contributed by atoms with Gasteiger partial charge in [-0.2, -0.15) is 5.26 Å². The molecule has 0 saturated carbocycles. The van der Waals surface area contributed by atoms with Crippen molar-refractivity contribution >= 4 is 35.0 Å². The number of thiocarbonyl (C=S) groups is 1. The van der Waals surface area contributed by atoms with Crippen molar-refractivity contribution in [3.8, 4) is 6.07 Å².